The SMILES string of the molecule is CO[C@@H]1[C@@H](O)[C@H](O)O[C@@H](CO[Si](C)(C)C(C)(C)C)[C@H]1OCc1ccccc1. The number of ether oxygens (including phenoxy) is 3. The van der Waals surface area contributed by atoms with Crippen LogP contribution in [0.1, 0.15) is 26.3 Å². The highest BCUT2D eigenvalue weighted by Gasteiger charge is 2.47. The minimum atomic E-state index is -2.00. The highest BCUT2D eigenvalue weighted by Crippen LogP contribution is 2.37. The molecule has 0 saturated carbocycles. The van der Waals surface area contributed by atoms with Crippen molar-refractivity contribution in [3.63, 3.8) is 0 Å². The molecule has 6 nitrogen and oxygen atoms in total. The van der Waals surface area contributed by atoms with Crippen LogP contribution in [0.5, 0.6) is 0 Å². The summed E-state index contributed by atoms with van der Waals surface area (Å²) in [7, 11) is -0.500. The van der Waals surface area contributed by atoms with E-state index in [2.05, 4.69) is 33.9 Å². The van der Waals surface area contributed by atoms with Crippen LogP contribution in [0.2, 0.25) is 18.1 Å². The monoisotopic (exact) mass is 398 g/mol. The van der Waals surface area contributed by atoms with Gasteiger partial charge in [-0.25, -0.2) is 0 Å². The van der Waals surface area contributed by atoms with Gasteiger partial charge in [0.1, 0.15) is 24.4 Å². The summed E-state index contributed by atoms with van der Waals surface area (Å²) in [5, 5.41) is 20.4. The van der Waals surface area contributed by atoms with Crippen LogP contribution in [0.15, 0.2) is 30.3 Å². The Labute approximate surface area is 163 Å². The fraction of sp³-hybridized carbons (Fsp3) is 0.700. The average molecular weight is 399 g/mol. The average Bonchev–Trinajstić information content (AvgIpc) is 2.61. The third-order valence-corrected chi connectivity index (χ3v) is 10.1. The van der Waals surface area contributed by atoms with Crippen molar-refractivity contribution < 1.29 is 28.8 Å². The highest BCUT2D eigenvalue weighted by atomic mass is 28.4. The van der Waals surface area contributed by atoms with E-state index in [0.29, 0.717) is 6.61 Å². The lowest BCUT2D eigenvalue weighted by molar-refractivity contribution is -0.299. The van der Waals surface area contributed by atoms with E-state index in [9.17, 15) is 10.2 Å². The standard InChI is InChI=1S/C20H34O6Si/c1-20(2,3)27(5,6)25-13-15-17(18(23-4)16(21)19(22)26-15)24-12-14-10-8-7-9-11-14/h7-11,15-19,21-22H,12-13H2,1-6H3/t15-,16+,17+,18+,19+/m0/s1. The Morgan fingerprint density at radius 2 is 1.70 bits per heavy atom. The lowest BCUT2D eigenvalue weighted by Gasteiger charge is -2.44. The Morgan fingerprint density at radius 1 is 1.07 bits per heavy atom. The molecule has 0 spiro atoms. The van der Waals surface area contributed by atoms with Crippen LogP contribution < -0.4 is 0 Å². The number of aliphatic hydroxyl groups is 2. The molecule has 2 N–H and O–H groups in total. The molecule has 2 rings (SSSR count). The van der Waals surface area contributed by atoms with Gasteiger partial charge < -0.3 is 28.8 Å². The summed E-state index contributed by atoms with van der Waals surface area (Å²) in [6.45, 7) is 11.5. The second-order valence-electron chi connectivity index (χ2n) is 8.59. The lowest BCUT2D eigenvalue weighted by atomic mass is 9.98. The third-order valence-electron chi connectivity index (χ3n) is 5.61. The first-order valence-corrected chi connectivity index (χ1v) is 12.3. The maximum atomic E-state index is 10.3. The predicted octanol–water partition coefficient (Wildman–Crippen LogP) is 2.69. The number of methoxy groups -OCH3 is 1. The number of aliphatic hydroxyl groups excluding tert-OH is 2. The van der Waals surface area contributed by atoms with Crippen LogP contribution >= 0.6 is 0 Å². The number of rotatable bonds is 7. The van der Waals surface area contributed by atoms with Crippen LogP contribution in [0.3, 0.4) is 0 Å². The van der Waals surface area contributed by atoms with Crippen molar-refractivity contribution in [2.24, 2.45) is 0 Å². The summed E-state index contributed by atoms with van der Waals surface area (Å²) in [6, 6.07) is 9.78. The van der Waals surface area contributed by atoms with E-state index in [1.165, 1.54) is 7.11 Å². The summed E-state index contributed by atoms with van der Waals surface area (Å²) >= 11 is 0. The van der Waals surface area contributed by atoms with E-state index >= 15 is 0 Å². The van der Waals surface area contributed by atoms with Gasteiger partial charge in [0.2, 0.25) is 0 Å². The lowest BCUT2D eigenvalue weighted by Crippen LogP contribution is -2.61. The number of benzene rings is 1. The second kappa shape index (κ2) is 9.13. The van der Waals surface area contributed by atoms with Crippen LogP contribution in [-0.4, -0.2) is 63.0 Å². The fourth-order valence-corrected chi connectivity index (χ4v) is 3.80. The molecule has 1 aliphatic rings. The first-order valence-electron chi connectivity index (χ1n) is 9.40. The van der Waals surface area contributed by atoms with E-state index in [1.807, 2.05) is 30.3 Å². The van der Waals surface area contributed by atoms with Crippen molar-refractivity contribution in [1.82, 2.24) is 0 Å². The molecule has 0 amide bonds. The molecule has 1 aliphatic heterocycles. The molecule has 1 fully saturated rings. The maximum Gasteiger partial charge on any atom is 0.192 e. The molecule has 0 aliphatic carbocycles. The van der Waals surface area contributed by atoms with Crippen molar-refractivity contribution in [3.8, 4) is 0 Å². The molecule has 27 heavy (non-hydrogen) atoms. The molecule has 154 valence electrons. The van der Waals surface area contributed by atoms with Crippen molar-refractivity contribution in [2.45, 2.75) is 76.2 Å². The number of hydrogen-bond donors (Lipinski definition) is 2. The molecule has 0 aromatic heterocycles. The zero-order valence-electron chi connectivity index (χ0n) is 17.2. The molecule has 5 atom stereocenters. The van der Waals surface area contributed by atoms with Crippen LogP contribution in [-0.2, 0) is 25.2 Å². The maximum absolute atomic E-state index is 10.3. The molecule has 0 bridgehead atoms. The Bertz CT molecular complexity index is 574. The van der Waals surface area contributed by atoms with Crippen molar-refractivity contribution in [3.05, 3.63) is 35.9 Å². The van der Waals surface area contributed by atoms with Gasteiger partial charge in [-0.15, -0.1) is 0 Å². The van der Waals surface area contributed by atoms with E-state index in [4.69, 9.17) is 18.6 Å². The van der Waals surface area contributed by atoms with Gasteiger partial charge in [-0.2, -0.15) is 0 Å². The Balaban J connectivity index is 2.12. The van der Waals surface area contributed by atoms with Crippen LogP contribution in [0.25, 0.3) is 0 Å². The normalized spacial score (nSPS) is 29.7. The van der Waals surface area contributed by atoms with Crippen molar-refractivity contribution in [1.29, 1.82) is 0 Å². The zero-order chi connectivity index (χ0) is 20.2. The molecule has 1 saturated heterocycles. The van der Waals surface area contributed by atoms with Crippen LogP contribution in [0.4, 0.5) is 0 Å². The quantitative estimate of drug-likeness (QED) is 0.688. The number of hydrogen-bond acceptors (Lipinski definition) is 6. The summed E-state index contributed by atoms with van der Waals surface area (Å²) < 4.78 is 23.4. The molecule has 1 heterocycles. The summed E-state index contributed by atoms with van der Waals surface area (Å²) in [6.07, 6.45) is -4.31. The van der Waals surface area contributed by atoms with E-state index in [-0.39, 0.29) is 11.6 Å². The Hall–Kier alpha value is -0.803. The van der Waals surface area contributed by atoms with Gasteiger partial charge >= 0.3 is 0 Å². The van der Waals surface area contributed by atoms with Gasteiger partial charge in [0.15, 0.2) is 14.6 Å². The molecule has 0 unspecified atom stereocenters. The van der Waals surface area contributed by atoms with E-state index in [0.717, 1.165) is 5.56 Å². The topological polar surface area (TPSA) is 77.4 Å². The van der Waals surface area contributed by atoms with Crippen LogP contribution in [0, 0.1) is 0 Å². The molecule has 0 radical (unpaired) electrons. The minimum absolute atomic E-state index is 0.0564. The Kier molecular flexibility index (Phi) is 7.60. The molecular formula is C20H34O6Si. The van der Waals surface area contributed by atoms with Gasteiger partial charge in [0.05, 0.1) is 13.2 Å². The first kappa shape index (κ1) is 22.5. The molecule has 1 aromatic carbocycles. The fourth-order valence-electron chi connectivity index (χ4n) is 2.79. The van der Waals surface area contributed by atoms with Crippen molar-refractivity contribution in [2.75, 3.05) is 13.7 Å². The Morgan fingerprint density at radius 3 is 2.26 bits per heavy atom. The largest absolute Gasteiger partial charge is 0.414 e. The molecular weight excluding hydrogens is 364 g/mol. The summed E-state index contributed by atoms with van der Waals surface area (Å²) in [5.41, 5.74) is 1.01. The highest BCUT2D eigenvalue weighted by molar-refractivity contribution is 6.74. The summed E-state index contributed by atoms with van der Waals surface area (Å²) in [4.78, 5) is 0. The van der Waals surface area contributed by atoms with Crippen molar-refractivity contribution >= 4 is 8.32 Å². The minimum Gasteiger partial charge on any atom is -0.414 e. The van der Waals surface area contributed by atoms with E-state index in [1.54, 1.807) is 0 Å². The van der Waals surface area contributed by atoms with Gasteiger partial charge in [-0.1, -0.05) is 51.1 Å². The third kappa shape index (κ3) is 5.60. The first-order chi connectivity index (χ1) is 12.6. The van der Waals surface area contributed by atoms with Gasteiger partial charge in [-0.05, 0) is 23.7 Å². The second-order valence-corrected chi connectivity index (χ2v) is 13.4. The smallest absolute Gasteiger partial charge is 0.192 e. The zero-order valence-corrected chi connectivity index (χ0v) is 18.2. The summed E-state index contributed by atoms with van der Waals surface area (Å²) in [5.74, 6) is 0. The van der Waals surface area contributed by atoms with Gasteiger partial charge in [-0.3, -0.25) is 0 Å². The van der Waals surface area contributed by atoms with E-state index < -0.39 is 39.0 Å². The molecule has 7 heteroatoms. The predicted molar refractivity (Wildman–Crippen MR) is 106 cm³/mol. The molecule has 1 aromatic rings. The van der Waals surface area contributed by atoms with Gasteiger partial charge in [0, 0.05) is 7.11 Å². The van der Waals surface area contributed by atoms with Gasteiger partial charge in [0.25, 0.3) is 0 Å².